The van der Waals surface area contributed by atoms with Crippen molar-refractivity contribution in [3.05, 3.63) is 76.2 Å². The highest BCUT2D eigenvalue weighted by molar-refractivity contribution is 7.15. The van der Waals surface area contributed by atoms with Crippen molar-refractivity contribution in [2.24, 2.45) is 0 Å². The van der Waals surface area contributed by atoms with Gasteiger partial charge in [0.25, 0.3) is 17.7 Å². The first-order valence-corrected chi connectivity index (χ1v) is 12.2. The summed E-state index contributed by atoms with van der Waals surface area (Å²) in [6.07, 6.45) is 1.09. The van der Waals surface area contributed by atoms with Gasteiger partial charge in [-0.3, -0.25) is 19.3 Å². The summed E-state index contributed by atoms with van der Waals surface area (Å²) >= 11 is 1.33. The Labute approximate surface area is 206 Å². The molecule has 9 heteroatoms. The Morgan fingerprint density at radius 3 is 2.49 bits per heavy atom. The number of aromatic nitrogens is 1. The summed E-state index contributed by atoms with van der Waals surface area (Å²) in [6.45, 7) is 2.20. The van der Waals surface area contributed by atoms with Crippen LogP contribution >= 0.6 is 11.3 Å². The maximum Gasteiger partial charge on any atom is 0.274 e. The fraction of sp³-hybridized carbons (Fsp3) is 0.308. The number of thiazole rings is 1. The number of carbonyl (C=O) groups is 3. The molecule has 0 aliphatic carbocycles. The second kappa shape index (κ2) is 9.31. The molecule has 5 rings (SSSR count). The van der Waals surface area contributed by atoms with E-state index in [0.29, 0.717) is 46.0 Å². The molecule has 2 unspecified atom stereocenters. The zero-order valence-electron chi connectivity index (χ0n) is 19.4. The fourth-order valence-corrected chi connectivity index (χ4v) is 5.68. The van der Waals surface area contributed by atoms with E-state index < -0.39 is 11.9 Å². The third-order valence-corrected chi connectivity index (χ3v) is 7.57. The van der Waals surface area contributed by atoms with E-state index in [-0.39, 0.29) is 36.1 Å². The van der Waals surface area contributed by atoms with E-state index in [4.69, 9.17) is 4.74 Å². The Balaban J connectivity index is 1.46. The van der Waals surface area contributed by atoms with Crippen LogP contribution in [0.3, 0.4) is 0 Å². The third-order valence-electron chi connectivity index (χ3n) is 6.55. The minimum atomic E-state index is -0.395. The first-order chi connectivity index (χ1) is 16.9. The maximum atomic E-state index is 13.9. The van der Waals surface area contributed by atoms with E-state index in [2.05, 4.69) is 4.98 Å². The number of nitrogens with zero attached hydrogens (tertiary/aromatic N) is 3. The van der Waals surface area contributed by atoms with Gasteiger partial charge in [0.15, 0.2) is 0 Å². The van der Waals surface area contributed by atoms with Crippen molar-refractivity contribution in [1.29, 1.82) is 0 Å². The van der Waals surface area contributed by atoms with Crippen molar-refractivity contribution >= 4 is 29.1 Å². The lowest BCUT2D eigenvalue weighted by Crippen LogP contribution is -2.54. The van der Waals surface area contributed by atoms with Crippen molar-refractivity contribution in [1.82, 2.24) is 14.8 Å². The molecule has 3 heterocycles. The van der Waals surface area contributed by atoms with Crippen LogP contribution in [-0.2, 0) is 4.74 Å². The zero-order chi connectivity index (χ0) is 24.7. The van der Waals surface area contributed by atoms with Gasteiger partial charge < -0.3 is 9.64 Å². The number of fused-ring (bicyclic) bond motifs is 1. The Morgan fingerprint density at radius 1 is 1.11 bits per heavy atom. The number of imide groups is 1. The van der Waals surface area contributed by atoms with Crippen LogP contribution in [0.5, 0.6) is 0 Å². The van der Waals surface area contributed by atoms with Crippen molar-refractivity contribution < 1.29 is 23.5 Å². The molecule has 2 aliphatic rings. The molecule has 180 valence electrons. The summed E-state index contributed by atoms with van der Waals surface area (Å²) in [5.41, 5.74) is 1.58. The van der Waals surface area contributed by atoms with Gasteiger partial charge in [0.2, 0.25) is 0 Å². The van der Waals surface area contributed by atoms with Crippen molar-refractivity contribution in [2.45, 2.75) is 31.9 Å². The van der Waals surface area contributed by atoms with Gasteiger partial charge in [0, 0.05) is 20.2 Å². The summed E-state index contributed by atoms with van der Waals surface area (Å²) < 4.78 is 19.5. The van der Waals surface area contributed by atoms with Crippen LogP contribution in [0.15, 0.2) is 48.5 Å². The molecular formula is C26H24FN3O4S. The molecular weight excluding hydrogens is 469 g/mol. The first kappa shape index (κ1) is 23.3. The lowest BCUT2D eigenvalue weighted by molar-refractivity contribution is 0.00160. The van der Waals surface area contributed by atoms with Gasteiger partial charge in [-0.05, 0) is 49.6 Å². The Morgan fingerprint density at radius 2 is 1.83 bits per heavy atom. The maximum absolute atomic E-state index is 13.9. The number of carbonyl (C=O) groups excluding carboxylic acids is 3. The highest BCUT2D eigenvalue weighted by atomic mass is 32.1. The molecule has 1 saturated heterocycles. The summed E-state index contributed by atoms with van der Waals surface area (Å²) in [7, 11) is 1.60. The Kier molecular flexibility index (Phi) is 6.21. The van der Waals surface area contributed by atoms with E-state index in [9.17, 15) is 18.8 Å². The number of hydrogen-bond acceptors (Lipinski definition) is 6. The van der Waals surface area contributed by atoms with E-state index in [1.54, 1.807) is 55.3 Å². The number of halogens is 1. The van der Waals surface area contributed by atoms with E-state index in [1.165, 1.54) is 28.4 Å². The fourth-order valence-electron chi connectivity index (χ4n) is 4.77. The van der Waals surface area contributed by atoms with Crippen LogP contribution in [0.4, 0.5) is 4.39 Å². The predicted molar refractivity (Wildman–Crippen MR) is 129 cm³/mol. The molecule has 0 spiro atoms. The van der Waals surface area contributed by atoms with Gasteiger partial charge in [-0.2, -0.15) is 0 Å². The SMILES string of the molecule is COC1CCC(CN2C(=O)c3ccccc3C2=O)N(C(=O)c2nc(C)sc2-c2cccc(F)c2)C1. The van der Waals surface area contributed by atoms with Gasteiger partial charge in [-0.25, -0.2) is 9.37 Å². The highest BCUT2D eigenvalue weighted by Crippen LogP contribution is 2.33. The molecule has 1 aromatic heterocycles. The quantitative estimate of drug-likeness (QED) is 0.499. The standard InChI is InChI=1S/C26H24FN3O4S/c1-15-28-22(23(35-15)16-6-5-7-17(27)12-16)26(33)29-14-19(34-2)11-10-18(29)13-30-24(31)20-8-3-4-9-21(20)25(30)32/h3-9,12,18-19H,10-11,13-14H2,1-2H3. The van der Waals surface area contributed by atoms with Gasteiger partial charge in [0.1, 0.15) is 11.5 Å². The second-order valence-corrected chi connectivity index (χ2v) is 9.94. The summed E-state index contributed by atoms with van der Waals surface area (Å²) in [5, 5.41) is 0.685. The molecule has 2 aliphatic heterocycles. The van der Waals surface area contributed by atoms with Gasteiger partial charge in [0.05, 0.1) is 33.2 Å². The summed E-state index contributed by atoms with van der Waals surface area (Å²) in [5.74, 6) is -1.42. The number of rotatable bonds is 5. The Bertz CT molecular complexity index is 1290. The minimum Gasteiger partial charge on any atom is -0.380 e. The molecule has 3 amide bonds. The van der Waals surface area contributed by atoms with Crippen LogP contribution in [0, 0.1) is 12.7 Å². The molecule has 0 radical (unpaired) electrons. The molecule has 1 fully saturated rings. The molecule has 0 bridgehead atoms. The number of piperidine rings is 1. The highest BCUT2D eigenvalue weighted by Gasteiger charge is 2.41. The summed E-state index contributed by atoms with van der Waals surface area (Å²) in [6, 6.07) is 12.4. The molecule has 3 aromatic rings. The molecule has 7 nitrogen and oxygen atoms in total. The first-order valence-electron chi connectivity index (χ1n) is 11.4. The van der Waals surface area contributed by atoms with Crippen molar-refractivity contribution in [2.75, 3.05) is 20.2 Å². The van der Waals surface area contributed by atoms with Crippen LogP contribution in [0.1, 0.15) is 49.1 Å². The Hall–Kier alpha value is -3.43. The largest absolute Gasteiger partial charge is 0.380 e. The molecule has 2 atom stereocenters. The second-order valence-electron chi connectivity index (χ2n) is 8.73. The zero-order valence-corrected chi connectivity index (χ0v) is 20.2. The predicted octanol–water partition coefficient (Wildman–Crippen LogP) is 4.17. The normalized spacial score (nSPS) is 19.9. The number of aryl methyl sites for hydroxylation is 1. The molecule has 35 heavy (non-hydrogen) atoms. The van der Waals surface area contributed by atoms with Gasteiger partial charge >= 0.3 is 0 Å². The monoisotopic (exact) mass is 493 g/mol. The summed E-state index contributed by atoms with van der Waals surface area (Å²) in [4.78, 5) is 47.7. The average molecular weight is 494 g/mol. The van der Waals surface area contributed by atoms with Gasteiger partial charge in [-0.15, -0.1) is 11.3 Å². The third kappa shape index (κ3) is 4.26. The smallest absolute Gasteiger partial charge is 0.274 e. The lowest BCUT2D eigenvalue weighted by atomic mass is 9.98. The van der Waals surface area contributed by atoms with E-state index in [1.807, 2.05) is 0 Å². The van der Waals surface area contributed by atoms with Crippen molar-refractivity contribution in [3.63, 3.8) is 0 Å². The van der Waals surface area contributed by atoms with Crippen LogP contribution < -0.4 is 0 Å². The molecule has 0 saturated carbocycles. The van der Waals surface area contributed by atoms with E-state index >= 15 is 0 Å². The lowest BCUT2D eigenvalue weighted by Gasteiger charge is -2.40. The number of hydrogen-bond donors (Lipinski definition) is 0. The number of ether oxygens (including phenoxy) is 1. The average Bonchev–Trinajstić information content (AvgIpc) is 3.37. The number of benzene rings is 2. The van der Waals surface area contributed by atoms with Crippen LogP contribution in [-0.4, -0.2) is 64.9 Å². The number of likely N-dealkylation sites (tertiary alicyclic amines) is 1. The van der Waals surface area contributed by atoms with E-state index in [0.717, 1.165) is 0 Å². The number of methoxy groups -OCH3 is 1. The van der Waals surface area contributed by atoms with Gasteiger partial charge in [-0.1, -0.05) is 24.3 Å². The van der Waals surface area contributed by atoms with Crippen LogP contribution in [0.25, 0.3) is 10.4 Å². The van der Waals surface area contributed by atoms with Crippen molar-refractivity contribution in [3.8, 4) is 10.4 Å². The molecule has 2 aromatic carbocycles. The minimum absolute atomic E-state index is 0.0902. The van der Waals surface area contributed by atoms with Crippen LogP contribution in [0.2, 0.25) is 0 Å². The topological polar surface area (TPSA) is 79.8 Å². The number of amides is 3. The molecule has 0 N–H and O–H groups in total.